The maximum absolute atomic E-state index is 5.74. The lowest BCUT2D eigenvalue weighted by atomic mass is 10.1. The van der Waals surface area contributed by atoms with Crippen LogP contribution >= 0.6 is 0 Å². The highest BCUT2D eigenvalue weighted by Crippen LogP contribution is 2.30. The van der Waals surface area contributed by atoms with E-state index in [0.717, 1.165) is 24.1 Å². The molecule has 0 spiro atoms. The predicted octanol–water partition coefficient (Wildman–Crippen LogP) is 3.43. The smallest absolute Gasteiger partial charge is 0.0371 e. The first kappa shape index (κ1) is 11.3. The molecule has 1 aromatic rings. The molecule has 2 rings (SSSR count). The summed E-state index contributed by atoms with van der Waals surface area (Å²) in [6.45, 7) is 5.57. The molecule has 1 aliphatic rings. The average Bonchev–Trinajstić information content (AvgIpc) is 2.63. The first-order valence-electron chi connectivity index (χ1n) is 6.25. The Balaban J connectivity index is 1.89. The van der Waals surface area contributed by atoms with Gasteiger partial charge >= 0.3 is 0 Å². The van der Waals surface area contributed by atoms with Crippen molar-refractivity contribution in [1.82, 2.24) is 0 Å². The maximum Gasteiger partial charge on any atom is 0.0371 e. The predicted molar refractivity (Wildman–Crippen MR) is 70.6 cm³/mol. The molecule has 1 aliphatic carbocycles. The van der Waals surface area contributed by atoms with Crippen LogP contribution in [0.3, 0.4) is 0 Å². The SMILES string of the molecule is Cc1cc(N)ccc1NCC1CCC(C)C1. The Morgan fingerprint density at radius 1 is 1.38 bits per heavy atom. The van der Waals surface area contributed by atoms with Gasteiger partial charge in [-0.1, -0.05) is 13.3 Å². The van der Waals surface area contributed by atoms with E-state index in [4.69, 9.17) is 5.73 Å². The summed E-state index contributed by atoms with van der Waals surface area (Å²) in [4.78, 5) is 0. The molecule has 0 aliphatic heterocycles. The van der Waals surface area contributed by atoms with Gasteiger partial charge in [0.15, 0.2) is 0 Å². The first-order chi connectivity index (χ1) is 7.65. The third-order valence-corrected chi connectivity index (χ3v) is 3.64. The van der Waals surface area contributed by atoms with Crippen molar-refractivity contribution in [3.63, 3.8) is 0 Å². The van der Waals surface area contributed by atoms with Crippen molar-refractivity contribution in [3.8, 4) is 0 Å². The van der Waals surface area contributed by atoms with Gasteiger partial charge in [-0.25, -0.2) is 0 Å². The number of hydrogen-bond acceptors (Lipinski definition) is 2. The molecule has 3 N–H and O–H groups in total. The third kappa shape index (κ3) is 2.69. The third-order valence-electron chi connectivity index (χ3n) is 3.64. The largest absolute Gasteiger partial charge is 0.399 e. The Kier molecular flexibility index (Phi) is 3.37. The van der Waals surface area contributed by atoms with E-state index in [1.165, 1.54) is 30.5 Å². The number of aryl methyl sites for hydroxylation is 1. The maximum atomic E-state index is 5.74. The van der Waals surface area contributed by atoms with Crippen LogP contribution in [0.2, 0.25) is 0 Å². The minimum absolute atomic E-state index is 0.845. The van der Waals surface area contributed by atoms with Crippen LogP contribution in [0, 0.1) is 18.8 Å². The average molecular weight is 218 g/mol. The van der Waals surface area contributed by atoms with Gasteiger partial charge in [0.1, 0.15) is 0 Å². The van der Waals surface area contributed by atoms with E-state index in [2.05, 4.69) is 25.2 Å². The van der Waals surface area contributed by atoms with Crippen LogP contribution < -0.4 is 11.1 Å². The molecule has 0 saturated heterocycles. The minimum atomic E-state index is 0.845. The zero-order chi connectivity index (χ0) is 11.5. The fraction of sp³-hybridized carbons (Fsp3) is 0.571. The van der Waals surface area contributed by atoms with Gasteiger partial charge in [-0.2, -0.15) is 0 Å². The molecule has 0 aromatic heterocycles. The molecule has 16 heavy (non-hydrogen) atoms. The van der Waals surface area contributed by atoms with Crippen molar-refractivity contribution in [3.05, 3.63) is 23.8 Å². The molecule has 88 valence electrons. The second-order valence-electron chi connectivity index (χ2n) is 5.24. The van der Waals surface area contributed by atoms with Crippen LogP contribution in [-0.2, 0) is 0 Å². The van der Waals surface area contributed by atoms with E-state index in [1.54, 1.807) is 0 Å². The van der Waals surface area contributed by atoms with Gasteiger partial charge < -0.3 is 11.1 Å². The monoisotopic (exact) mass is 218 g/mol. The topological polar surface area (TPSA) is 38.0 Å². The molecule has 1 aromatic carbocycles. The Morgan fingerprint density at radius 2 is 2.19 bits per heavy atom. The van der Waals surface area contributed by atoms with Crippen molar-refractivity contribution in [2.45, 2.75) is 33.1 Å². The molecule has 2 unspecified atom stereocenters. The van der Waals surface area contributed by atoms with Gasteiger partial charge in [0.2, 0.25) is 0 Å². The summed E-state index contributed by atoms with van der Waals surface area (Å²) >= 11 is 0. The summed E-state index contributed by atoms with van der Waals surface area (Å²) in [5.41, 5.74) is 9.05. The fourth-order valence-corrected chi connectivity index (χ4v) is 2.65. The van der Waals surface area contributed by atoms with Gasteiger partial charge in [-0.15, -0.1) is 0 Å². The Morgan fingerprint density at radius 3 is 2.81 bits per heavy atom. The molecule has 2 nitrogen and oxygen atoms in total. The van der Waals surface area contributed by atoms with Crippen molar-refractivity contribution in [1.29, 1.82) is 0 Å². The van der Waals surface area contributed by atoms with E-state index >= 15 is 0 Å². The van der Waals surface area contributed by atoms with Crippen LogP contribution in [-0.4, -0.2) is 6.54 Å². The van der Waals surface area contributed by atoms with Gasteiger partial charge in [-0.05, 0) is 55.4 Å². The van der Waals surface area contributed by atoms with Gasteiger partial charge in [0, 0.05) is 17.9 Å². The van der Waals surface area contributed by atoms with Gasteiger partial charge in [0.05, 0.1) is 0 Å². The zero-order valence-electron chi connectivity index (χ0n) is 10.3. The van der Waals surface area contributed by atoms with Gasteiger partial charge in [0.25, 0.3) is 0 Å². The second-order valence-corrected chi connectivity index (χ2v) is 5.24. The summed E-state index contributed by atoms with van der Waals surface area (Å²) in [5, 5.41) is 3.55. The fourth-order valence-electron chi connectivity index (χ4n) is 2.65. The van der Waals surface area contributed by atoms with E-state index in [0.29, 0.717) is 0 Å². The molecular weight excluding hydrogens is 196 g/mol. The number of benzene rings is 1. The molecule has 2 atom stereocenters. The highest BCUT2D eigenvalue weighted by molar-refractivity contribution is 5.57. The van der Waals surface area contributed by atoms with Crippen LogP contribution in [0.5, 0.6) is 0 Å². The highest BCUT2D eigenvalue weighted by atomic mass is 14.9. The lowest BCUT2D eigenvalue weighted by molar-refractivity contribution is 0.537. The molecule has 2 heteroatoms. The lowest BCUT2D eigenvalue weighted by Gasteiger charge is -2.14. The van der Waals surface area contributed by atoms with Crippen LogP contribution in [0.15, 0.2) is 18.2 Å². The van der Waals surface area contributed by atoms with Gasteiger partial charge in [-0.3, -0.25) is 0 Å². The quantitative estimate of drug-likeness (QED) is 0.763. The van der Waals surface area contributed by atoms with Crippen molar-refractivity contribution in [2.24, 2.45) is 11.8 Å². The molecule has 0 radical (unpaired) electrons. The van der Waals surface area contributed by atoms with E-state index in [-0.39, 0.29) is 0 Å². The molecule has 1 saturated carbocycles. The van der Waals surface area contributed by atoms with Crippen molar-refractivity contribution < 1.29 is 0 Å². The number of nitrogens with two attached hydrogens (primary N) is 1. The number of anilines is 2. The van der Waals surface area contributed by atoms with Crippen LogP contribution in [0.25, 0.3) is 0 Å². The van der Waals surface area contributed by atoms with Crippen molar-refractivity contribution in [2.75, 3.05) is 17.6 Å². The van der Waals surface area contributed by atoms with Crippen LogP contribution in [0.4, 0.5) is 11.4 Å². The summed E-state index contributed by atoms with van der Waals surface area (Å²) in [6, 6.07) is 6.08. The number of rotatable bonds is 3. The molecule has 1 fully saturated rings. The number of hydrogen-bond donors (Lipinski definition) is 2. The summed E-state index contributed by atoms with van der Waals surface area (Å²) in [7, 11) is 0. The molecule has 0 heterocycles. The lowest BCUT2D eigenvalue weighted by Crippen LogP contribution is -2.12. The second kappa shape index (κ2) is 4.77. The number of nitrogens with one attached hydrogen (secondary N) is 1. The standard InChI is InChI=1S/C14H22N2/c1-10-3-4-12(7-10)9-16-14-6-5-13(15)8-11(14)2/h5-6,8,10,12,16H,3-4,7,9,15H2,1-2H3. The molecular formula is C14H22N2. The first-order valence-corrected chi connectivity index (χ1v) is 6.25. The van der Waals surface area contributed by atoms with Crippen molar-refractivity contribution >= 4 is 11.4 Å². The number of nitrogen functional groups attached to an aromatic ring is 1. The summed E-state index contributed by atoms with van der Waals surface area (Å²) < 4.78 is 0. The van der Waals surface area contributed by atoms with Crippen LogP contribution in [0.1, 0.15) is 31.7 Å². The van der Waals surface area contributed by atoms with E-state index in [1.807, 2.05) is 12.1 Å². The Hall–Kier alpha value is -1.18. The molecule has 0 amide bonds. The Bertz CT molecular complexity index is 360. The zero-order valence-corrected chi connectivity index (χ0v) is 10.3. The van der Waals surface area contributed by atoms with E-state index < -0.39 is 0 Å². The summed E-state index contributed by atoms with van der Waals surface area (Å²) in [5.74, 6) is 1.77. The summed E-state index contributed by atoms with van der Waals surface area (Å²) in [6.07, 6.45) is 4.15. The molecule has 0 bridgehead atoms. The highest BCUT2D eigenvalue weighted by Gasteiger charge is 2.20. The Labute approximate surface area is 98.2 Å². The minimum Gasteiger partial charge on any atom is -0.399 e. The van der Waals surface area contributed by atoms with E-state index in [9.17, 15) is 0 Å². The normalized spacial score (nSPS) is 24.6.